The zero-order valence-electron chi connectivity index (χ0n) is 24.4. The number of carboxylic acid groups (broad SMARTS) is 1. The molecule has 2 rings (SSSR count). The molecule has 0 saturated heterocycles. The first-order valence-corrected chi connectivity index (χ1v) is 14.7. The predicted octanol–water partition coefficient (Wildman–Crippen LogP) is 7.32. The van der Waals surface area contributed by atoms with Gasteiger partial charge in [-0.2, -0.15) is 4.31 Å². The third kappa shape index (κ3) is 5.92. The average molecular weight is 529 g/mol. The Bertz CT molecular complexity index is 997. The van der Waals surface area contributed by atoms with Crippen molar-refractivity contribution >= 4 is 51.4 Å². The largest absolute Gasteiger partial charge is 0.464 e. The first-order chi connectivity index (χ1) is 16.1. The first-order valence-electron chi connectivity index (χ1n) is 13.1. The summed E-state index contributed by atoms with van der Waals surface area (Å²) in [5.74, 6) is 0.721. The molecule has 7 heteroatoms. The number of allylic oxidation sites excluding steroid dienone is 2. The molecule has 199 valence electrons. The molecule has 1 aliphatic rings. The molecule has 1 unspecified atom stereocenters. The van der Waals surface area contributed by atoms with Crippen molar-refractivity contribution in [3.05, 3.63) is 42.0 Å². The van der Waals surface area contributed by atoms with Gasteiger partial charge >= 0.3 is 6.09 Å². The Morgan fingerprint density at radius 2 is 1.39 bits per heavy atom. The van der Waals surface area contributed by atoms with Gasteiger partial charge in [-0.3, -0.25) is 0 Å². The van der Waals surface area contributed by atoms with Crippen molar-refractivity contribution in [2.24, 2.45) is 46.3 Å². The topological polar surface area (TPSA) is 74.7 Å². The fourth-order valence-electron chi connectivity index (χ4n) is 7.01. The summed E-state index contributed by atoms with van der Waals surface area (Å²) in [5, 5.41) is 10.0. The summed E-state index contributed by atoms with van der Waals surface area (Å²) in [6, 6.07) is 8.16. The van der Waals surface area contributed by atoms with Crippen LogP contribution in [0.1, 0.15) is 75.7 Å². The number of carbonyl (C=O) groups is 1. The van der Waals surface area contributed by atoms with Gasteiger partial charge in [-0.1, -0.05) is 99.1 Å². The van der Waals surface area contributed by atoms with Gasteiger partial charge in [0, 0.05) is 29.6 Å². The molecular formula is C29H47NNaO4S. The molecule has 0 saturated carbocycles. The second kappa shape index (κ2) is 12.4. The Morgan fingerprint density at radius 1 is 0.917 bits per heavy atom. The van der Waals surface area contributed by atoms with E-state index in [1.807, 2.05) is 0 Å². The Morgan fingerprint density at radius 3 is 1.75 bits per heavy atom. The zero-order chi connectivity index (χ0) is 26.9. The van der Waals surface area contributed by atoms with Crippen LogP contribution in [0, 0.1) is 46.3 Å². The quantitative estimate of drug-likeness (QED) is 0.269. The Balaban J connectivity index is 0.00000648. The number of sulfonamides is 1. The fourth-order valence-corrected chi connectivity index (χ4v) is 8.86. The molecule has 0 heterocycles. The van der Waals surface area contributed by atoms with E-state index >= 15 is 0 Å². The van der Waals surface area contributed by atoms with Gasteiger partial charge in [0.25, 0.3) is 0 Å². The van der Waals surface area contributed by atoms with Crippen LogP contribution in [0.15, 0.2) is 42.0 Å². The summed E-state index contributed by atoms with van der Waals surface area (Å²) < 4.78 is 28.7. The van der Waals surface area contributed by atoms with Gasteiger partial charge in [-0.05, 0) is 64.9 Å². The molecule has 1 amide bonds. The van der Waals surface area contributed by atoms with Gasteiger partial charge < -0.3 is 5.11 Å². The van der Waals surface area contributed by atoms with E-state index in [4.69, 9.17) is 0 Å². The van der Waals surface area contributed by atoms with Gasteiger partial charge in [0.2, 0.25) is 10.0 Å². The van der Waals surface area contributed by atoms with Gasteiger partial charge in [0.15, 0.2) is 0 Å². The second-order valence-corrected chi connectivity index (χ2v) is 13.9. The molecule has 1 aromatic rings. The molecule has 1 radical (unpaired) electrons. The molecule has 0 aliphatic heterocycles. The predicted molar refractivity (Wildman–Crippen MR) is 152 cm³/mol. The molecule has 0 spiro atoms. The van der Waals surface area contributed by atoms with Gasteiger partial charge in [0.05, 0.1) is 11.4 Å². The van der Waals surface area contributed by atoms with Gasteiger partial charge in [-0.15, -0.1) is 0 Å². The summed E-state index contributed by atoms with van der Waals surface area (Å²) in [5.41, 5.74) is 0.868. The van der Waals surface area contributed by atoms with Crippen molar-refractivity contribution in [1.82, 2.24) is 0 Å². The van der Waals surface area contributed by atoms with Crippen LogP contribution in [0.3, 0.4) is 0 Å². The normalized spacial score (nSPS) is 19.5. The van der Waals surface area contributed by atoms with Crippen molar-refractivity contribution in [2.75, 3.05) is 10.1 Å². The summed E-state index contributed by atoms with van der Waals surface area (Å²) >= 11 is 0. The van der Waals surface area contributed by atoms with Crippen molar-refractivity contribution in [2.45, 2.75) is 75.7 Å². The van der Waals surface area contributed by atoms with E-state index in [9.17, 15) is 18.3 Å². The van der Waals surface area contributed by atoms with Crippen molar-refractivity contribution in [3.8, 4) is 0 Å². The summed E-state index contributed by atoms with van der Waals surface area (Å²) in [7, 11) is -4.18. The van der Waals surface area contributed by atoms with E-state index in [0.29, 0.717) is 10.2 Å². The van der Waals surface area contributed by atoms with Crippen LogP contribution in [0.5, 0.6) is 0 Å². The Labute approximate surface area is 242 Å². The second-order valence-electron chi connectivity index (χ2n) is 12.0. The third-order valence-corrected chi connectivity index (χ3v) is 10.6. The minimum Gasteiger partial charge on any atom is -0.464 e. The maximum Gasteiger partial charge on any atom is 0.425 e. The van der Waals surface area contributed by atoms with Crippen LogP contribution in [0.2, 0.25) is 0 Å². The first kappa shape index (κ1) is 33.2. The summed E-state index contributed by atoms with van der Waals surface area (Å²) in [4.78, 5) is 12.3. The zero-order valence-corrected chi connectivity index (χ0v) is 27.2. The van der Waals surface area contributed by atoms with E-state index in [1.54, 1.807) is 30.3 Å². The SMILES string of the molecule is CC(C)C1=CC(C(C)C)(C(C)C)C(CS(=O)(=O)N(C(=O)O)c2ccccc2)C(C(C)C)(C(C)C)C1.[Na]. The number of amides is 1. The molecular weight excluding hydrogens is 481 g/mol. The maximum absolute atomic E-state index is 14.0. The molecule has 1 aliphatic carbocycles. The van der Waals surface area contributed by atoms with Crippen LogP contribution < -0.4 is 4.31 Å². The number of anilines is 1. The number of benzene rings is 1. The molecule has 1 N–H and O–H groups in total. The van der Waals surface area contributed by atoms with Crippen molar-refractivity contribution < 1.29 is 18.3 Å². The number of para-hydroxylation sites is 1. The van der Waals surface area contributed by atoms with E-state index in [2.05, 4.69) is 75.3 Å². The van der Waals surface area contributed by atoms with Crippen molar-refractivity contribution in [1.29, 1.82) is 0 Å². The number of rotatable bonds is 9. The minimum atomic E-state index is -4.18. The fraction of sp³-hybridized carbons (Fsp3) is 0.690. The van der Waals surface area contributed by atoms with Crippen molar-refractivity contribution in [3.63, 3.8) is 0 Å². The number of hydrogen-bond acceptors (Lipinski definition) is 3. The number of nitrogens with zero attached hydrogens (tertiary/aromatic N) is 1. The minimum absolute atomic E-state index is 0. The van der Waals surface area contributed by atoms with Gasteiger partial charge in [-0.25, -0.2) is 13.2 Å². The Hall–Kier alpha value is -0.820. The van der Waals surface area contributed by atoms with E-state index < -0.39 is 16.1 Å². The number of hydrogen-bond donors (Lipinski definition) is 1. The molecule has 1 atom stereocenters. The molecule has 0 aromatic heterocycles. The molecule has 5 nitrogen and oxygen atoms in total. The molecule has 0 fully saturated rings. The summed E-state index contributed by atoms with van der Waals surface area (Å²) in [6.07, 6.45) is 1.76. The van der Waals surface area contributed by atoms with Crippen LogP contribution in [-0.4, -0.2) is 54.9 Å². The third-order valence-electron chi connectivity index (χ3n) is 8.91. The van der Waals surface area contributed by atoms with E-state index in [1.165, 1.54) is 5.57 Å². The van der Waals surface area contributed by atoms with E-state index in [0.717, 1.165) is 6.42 Å². The van der Waals surface area contributed by atoms with Crippen LogP contribution in [0.4, 0.5) is 10.5 Å². The van der Waals surface area contributed by atoms with Crippen LogP contribution in [-0.2, 0) is 10.0 Å². The maximum atomic E-state index is 14.0. The molecule has 0 bridgehead atoms. The van der Waals surface area contributed by atoms with Crippen LogP contribution in [0.25, 0.3) is 0 Å². The van der Waals surface area contributed by atoms with Crippen LogP contribution >= 0.6 is 0 Å². The van der Waals surface area contributed by atoms with Gasteiger partial charge in [0.1, 0.15) is 0 Å². The standard InChI is InChI=1S/C29H47NO4S.Na/c1-19(2)24-16-28(20(3)4,21(5)6)26(29(17-24,22(7)8)23(9)10)18-35(33,34)30(27(31)32)25-14-12-11-13-15-25;/h11-16,19-23,26H,17-18H2,1-10H3,(H,31,32);. The Kier molecular flexibility index (Phi) is 11.4. The smallest absolute Gasteiger partial charge is 0.425 e. The molecule has 1 aromatic carbocycles. The monoisotopic (exact) mass is 528 g/mol. The van der Waals surface area contributed by atoms with E-state index in [-0.39, 0.29) is 81.4 Å². The summed E-state index contributed by atoms with van der Waals surface area (Å²) in [6.45, 7) is 22.0. The molecule has 36 heavy (non-hydrogen) atoms. The average Bonchev–Trinajstić information content (AvgIpc) is 2.72.